The van der Waals surface area contributed by atoms with Crippen molar-refractivity contribution in [1.29, 1.82) is 0 Å². The summed E-state index contributed by atoms with van der Waals surface area (Å²) in [4.78, 5) is 6.51. The van der Waals surface area contributed by atoms with Gasteiger partial charge in [-0.1, -0.05) is 24.3 Å². The number of guanidine groups is 1. The minimum Gasteiger partial charge on any atom is -0.370 e. The molecule has 0 bridgehead atoms. The Hall–Kier alpha value is -0.480. The average molecular weight is 455 g/mol. The fourth-order valence-electron chi connectivity index (χ4n) is 2.19. The topological polar surface area (TPSA) is 75.8 Å². The first kappa shape index (κ1) is 19.6. The molecule has 0 saturated carbocycles. The lowest BCUT2D eigenvalue weighted by Crippen LogP contribution is -2.42. The maximum Gasteiger partial charge on any atom is 0.191 e. The molecule has 2 rings (SSSR count). The number of rotatable bonds is 4. The number of halogens is 1. The largest absolute Gasteiger partial charge is 0.370 e. The minimum atomic E-state index is -3.01. The van der Waals surface area contributed by atoms with Crippen molar-refractivity contribution in [3.63, 3.8) is 0 Å². The van der Waals surface area contributed by atoms with Crippen LogP contribution in [0.4, 0.5) is 0 Å². The summed E-state index contributed by atoms with van der Waals surface area (Å²) in [6.07, 6.45) is 1.24. The lowest BCUT2D eigenvalue weighted by molar-refractivity contribution is 0.455. The van der Waals surface area contributed by atoms with E-state index >= 15 is 0 Å². The van der Waals surface area contributed by atoms with E-state index in [-0.39, 0.29) is 29.7 Å². The molecule has 0 unspecified atom stereocenters. The van der Waals surface area contributed by atoms with Crippen LogP contribution < -0.4 is 5.73 Å². The van der Waals surface area contributed by atoms with E-state index in [9.17, 15) is 8.42 Å². The molecular weight excluding hydrogens is 433 g/mol. The monoisotopic (exact) mass is 455 g/mol. The molecule has 1 aliphatic rings. The number of nitrogens with two attached hydrogens (primary N) is 1. The van der Waals surface area contributed by atoms with Crippen molar-refractivity contribution in [2.75, 3.05) is 30.9 Å². The second-order valence-electron chi connectivity index (χ2n) is 5.16. The molecule has 0 spiro atoms. The first-order chi connectivity index (χ1) is 9.94. The van der Waals surface area contributed by atoms with Crippen molar-refractivity contribution in [3.05, 3.63) is 35.4 Å². The molecule has 0 atom stereocenters. The summed E-state index contributed by atoms with van der Waals surface area (Å²) in [6.45, 7) is 2.36. The van der Waals surface area contributed by atoms with Gasteiger partial charge in [-0.2, -0.15) is 11.8 Å². The molecular formula is C14H22IN3O2S2. The van der Waals surface area contributed by atoms with Crippen LogP contribution in [0.3, 0.4) is 0 Å². The van der Waals surface area contributed by atoms with Gasteiger partial charge in [-0.3, -0.25) is 0 Å². The summed E-state index contributed by atoms with van der Waals surface area (Å²) in [6, 6.07) is 7.50. The van der Waals surface area contributed by atoms with Crippen molar-refractivity contribution >= 4 is 51.5 Å². The van der Waals surface area contributed by atoms with Gasteiger partial charge in [0.1, 0.15) is 0 Å². The van der Waals surface area contributed by atoms with Crippen molar-refractivity contribution in [2.45, 2.75) is 12.3 Å². The zero-order chi connectivity index (χ0) is 15.3. The third-order valence-corrected chi connectivity index (χ3v) is 4.98. The number of sulfone groups is 1. The van der Waals surface area contributed by atoms with Crippen LogP contribution in [0.1, 0.15) is 11.1 Å². The van der Waals surface area contributed by atoms with Gasteiger partial charge in [-0.15, -0.1) is 24.0 Å². The third-order valence-electron chi connectivity index (χ3n) is 3.18. The normalized spacial score (nSPS) is 16.2. The standard InChI is InChI=1S/C14H21N3O2S2.HI/c1-21(18,19)11-13-4-2-3-12(9-13)10-16-14(15)17-5-7-20-8-6-17;/h2-4,9H,5-8,10-11H2,1H3,(H2,15,16);1H. The molecule has 0 amide bonds. The van der Waals surface area contributed by atoms with Gasteiger partial charge in [0.2, 0.25) is 0 Å². The molecule has 1 aromatic carbocycles. The van der Waals surface area contributed by atoms with Crippen LogP contribution in [-0.4, -0.2) is 50.1 Å². The number of benzene rings is 1. The predicted molar refractivity (Wildman–Crippen MR) is 105 cm³/mol. The zero-order valence-electron chi connectivity index (χ0n) is 12.6. The maximum atomic E-state index is 11.3. The van der Waals surface area contributed by atoms with Gasteiger partial charge in [0, 0.05) is 30.9 Å². The van der Waals surface area contributed by atoms with Crippen LogP contribution in [0.5, 0.6) is 0 Å². The van der Waals surface area contributed by atoms with Crippen LogP contribution >= 0.6 is 35.7 Å². The fourth-order valence-corrected chi connectivity index (χ4v) is 3.87. The molecule has 0 aromatic heterocycles. The fraction of sp³-hybridized carbons (Fsp3) is 0.500. The van der Waals surface area contributed by atoms with Crippen LogP contribution in [0, 0.1) is 0 Å². The molecule has 8 heteroatoms. The zero-order valence-corrected chi connectivity index (χ0v) is 16.5. The summed E-state index contributed by atoms with van der Waals surface area (Å²) in [7, 11) is -3.01. The second kappa shape index (κ2) is 8.97. The Balaban J connectivity index is 0.00000242. The molecule has 5 nitrogen and oxygen atoms in total. The highest BCUT2D eigenvalue weighted by Gasteiger charge is 2.12. The van der Waals surface area contributed by atoms with Crippen LogP contribution in [0.15, 0.2) is 29.3 Å². The van der Waals surface area contributed by atoms with Crippen molar-refractivity contribution in [1.82, 2.24) is 4.90 Å². The van der Waals surface area contributed by atoms with E-state index in [0.717, 1.165) is 35.7 Å². The lowest BCUT2D eigenvalue weighted by atomic mass is 10.1. The van der Waals surface area contributed by atoms with E-state index in [1.807, 2.05) is 36.0 Å². The highest BCUT2D eigenvalue weighted by Crippen LogP contribution is 2.11. The van der Waals surface area contributed by atoms with Crippen molar-refractivity contribution in [2.24, 2.45) is 10.7 Å². The van der Waals surface area contributed by atoms with Crippen molar-refractivity contribution < 1.29 is 8.42 Å². The number of hydrogen-bond donors (Lipinski definition) is 1. The number of nitrogens with zero attached hydrogens (tertiary/aromatic N) is 2. The SMILES string of the molecule is CS(=O)(=O)Cc1cccc(CN=C(N)N2CCSCC2)c1.I. The highest BCUT2D eigenvalue weighted by molar-refractivity contribution is 14.0. The highest BCUT2D eigenvalue weighted by atomic mass is 127. The van der Waals surface area contributed by atoms with E-state index in [4.69, 9.17) is 5.73 Å². The van der Waals surface area contributed by atoms with E-state index in [1.54, 1.807) is 0 Å². The van der Waals surface area contributed by atoms with Gasteiger partial charge in [0.15, 0.2) is 15.8 Å². The Bertz CT molecular complexity index is 614. The lowest BCUT2D eigenvalue weighted by Gasteiger charge is -2.27. The second-order valence-corrected chi connectivity index (χ2v) is 8.53. The molecule has 2 N–H and O–H groups in total. The van der Waals surface area contributed by atoms with Gasteiger partial charge < -0.3 is 10.6 Å². The first-order valence-electron chi connectivity index (χ1n) is 6.82. The molecule has 124 valence electrons. The predicted octanol–water partition coefficient (Wildman–Crippen LogP) is 1.71. The summed E-state index contributed by atoms with van der Waals surface area (Å²) < 4.78 is 22.7. The first-order valence-corrected chi connectivity index (χ1v) is 10.0. The Morgan fingerprint density at radius 2 is 1.95 bits per heavy atom. The third kappa shape index (κ3) is 6.74. The molecule has 0 radical (unpaired) electrons. The molecule has 1 saturated heterocycles. The van der Waals surface area contributed by atoms with E-state index in [2.05, 4.69) is 9.89 Å². The molecule has 1 aromatic rings. The Labute approximate surface area is 153 Å². The molecule has 0 aliphatic carbocycles. The van der Waals surface area contributed by atoms with Crippen LogP contribution in [-0.2, 0) is 22.1 Å². The summed E-state index contributed by atoms with van der Waals surface area (Å²) in [5.74, 6) is 2.80. The smallest absolute Gasteiger partial charge is 0.191 e. The number of thioether (sulfide) groups is 1. The van der Waals surface area contributed by atoms with Crippen LogP contribution in [0.2, 0.25) is 0 Å². The Morgan fingerprint density at radius 1 is 1.32 bits per heavy atom. The molecule has 1 aliphatic heterocycles. The maximum absolute atomic E-state index is 11.3. The Kier molecular flexibility index (Phi) is 7.98. The van der Waals surface area contributed by atoms with E-state index in [0.29, 0.717) is 12.5 Å². The summed E-state index contributed by atoms with van der Waals surface area (Å²) in [5, 5.41) is 0. The van der Waals surface area contributed by atoms with E-state index in [1.165, 1.54) is 6.26 Å². The molecule has 1 heterocycles. The summed E-state index contributed by atoms with van der Waals surface area (Å²) >= 11 is 1.93. The van der Waals surface area contributed by atoms with Crippen LogP contribution in [0.25, 0.3) is 0 Å². The quantitative estimate of drug-likeness (QED) is 0.425. The minimum absolute atomic E-state index is 0. The van der Waals surface area contributed by atoms with Gasteiger partial charge in [0.05, 0.1) is 12.3 Å². The van der Waals surface area contributed by atoms with Gasteiger partial charge in [-0.25, -0.2) is 13.4 Å². The van der Waals surface area contributed by atoms with E-state index < -0.39 is 9.84 Å². The average Bonchev–Trinajstić information content (AvgIpc) is 2.44. The summed E-state index contributed by atoms with van der Waals surface area (Å²) in [5.41, 5.74) is 7.77. The van der Waals surface area contributed by atoms with Gasteiger partial charge in [-0.05, 0) is 11.1 Å². The molecule has 22 heavy (non-hydrogen) atoms. The van der Waals surface area contributed by atoms with Gasteiger partial charge in [0.25, 0.3) is 0 Å². The number of hydrogen-bond acceptors (Lipinski definition) is 4. The van der Waals surface area contributed by atoms with Crippen molar-refractivity contribution in [3.8, 4) is 0 Å². The van der Waals surface area contributed by atoms with Gasteiger partial charge >= 0.3 is 0 Å². The molecule has 1 fully saturated rings. The number of aliphatic imine (C=N–C) groups is 1. The Morgan fingerprint density at radius 3 is 2.59 bits per heavy atom.